The van der Waals surface area contributed by atoms with Crippen LogP contribution >= 0.6 is 0 Å². The number of hydrogen-bond donors (Lipinski definition) is 4. The summed E-state index contributed by atoms with van der Waals surface area (Å²) in [4.78, 5) is 4.78. The minimum atomic E-state index is -0.0380. The summed E-state index contributed by atoms with van der Waals surface area (Å²) in [6.07, 6.45) is 3.88. The van der Waals surface area contributed by atoms with E-state index in [1.54, 1.807) is 12.1 Å². The zero-order chi connectivity index (χ0) is 27.7. The predicted molar refractivity (Wildman–Crippen MR) is 156 cm³/mol. The van der Waals surface area contributed by atoms with Crippen LogP contribution in [0.15, 0.2) is 60.7 Å². The molecule has 0 bridgehead atoms. The molecule has 2 aliphatic heterocycles. The highest BCUT2D eigenvalue weighted by molar-refractivity contribution is 5.83. The molecule has 204 valence electrons. The Labute approximate surface area is 234 Å². The molecule has 0 amide bonds. The summed E-state index contributed by atoms with van der Waals surface area (Å²) in [5.74, 6) is -0.0434. The van der Waals surface area contributed by atoms with E-state index >= 15 is 0 Å². The Morgan fingerprint density at radius 1 is 0.550 bits per heavy atom. The van der Waals surface area contributed by atoms with Gasteiger partial charge in [0.25, 0.3) is 0 Å². The van der Waals surface area contributed by atoms with Gasteiger partial charge in [-0.1, -0.05) is 48.5 Å². The lowest BCUT2D eigenvalue weighted by atomic mass is 9.77. The van der Waals surface area contributed by atoms with Crippen LogP contribution < -0.4 is 0 Å². The molecular weight excluding hydrogens is 500 g/mol. The molecular formula is C34H34N2O4. The number of phenolic OH excluding ortho intramolecular Hbond substituents is 4. The first kappa shape index (κ1) is 25.0. The monoisotopic (exact) mass is 534 g/mol. The average molecular weight is 535 g/mol. The first-order chi connectivity index (χ1) is 19.3. The van der Waals surface area contributed by atoms with Crippen molar-refractivity contribution in [2.45, 2.75) is 37.8 Å². The van der Waals surface area contributed by atoms with Gasteiger partial charge in [-0.05, 0) is 96.4 Å². The molecule has 0 spiro atoms. The summed E-state index contributed by atoms with van der Waals surface area (Å²) >= 11 is 0. The highest BCUT2D eigenvalue weighted by atomic mass is 16.3. The van der Waals surface area contributed by atoms with Gasteiger partial charge in [0.2, 0.25) is 0 Å². The maximum absolute atomic E-state index is 10.3. The van der Waals surface area contributed by atoms with Crippen LogP contribution in [0.25, 0.3) is 22.3 Å². The summed E-state index contributed by atoms with van der Waals surface area (Å²) in [5, 5.41) is 40.1. The summed E-state index contributed by atoms with van der Waals surface area (Å²) in [5.41, 5.74) is 11.4. The lowest BCUT2D eigenvalue weighted by Crippen LogP contribution is -2.35. The van der Waals surface area contributed by atoms with Crippen LogP contribution in [0.3, 0.4) is 0 Å². The van der Waals surface area contributed by atoms with Crippen molar-refractivity contribution in [2.75, 3.05) is 27.2 Å². The van der Waals surface area contributed by atoms with Crippen LogP contribution in [0.1, 0.15) is 45.5 Å². The Bertz CT molecular complexity index is 1540. The summed E-state index contributed by atoms with van der Waals surface area (Å²) in [7, 11) is 4.32. The highest BCUT2D eigenvalue weighted by Crippen LogP contribution is 2.51. The van der Waals surface area contributed by atoms with Gasteiger partial charge in [-0.15, -0.1) is 0 Å². The van der Waals surface area contributed by atoms with E-state index in [1.807, 2.05) is 12.1 Å². The van der Waals surface area contributed by atoms with Crippen molar-refractivity contribution in [3.05, 3.63) is 94.0 Å². The molecule has 2 atom stereocenters. The molecule has 4 aliphatic rings. The van der Waals surface area contributed by atoms with Crippen LogP contribution in [0.5, 0.6) is 23.0 Å². The van der Waals surface area contributed by atoms with Crippen molar-refractivity contribution in [3.63, 3.8) is 0 Å². The Hall–Kier alpha value is -4.00. The van der Waals surface area contributed by atoms with E-state index < -0.39 is 0 Å². The van der Waals surface area contributed by atoms with E-state index in [4.69, 9.17) is 0 Å². The molecule has 4 aromatic carbocycles. The Morgan fingerprint density at radius 3 is 1.40 bits per heavy atom. The minimum absolute atomic E-state index is 0.0163. The second kappa shape index (κ2) is 9.29. The minimum Gasteiger partial charge on any atom is -0.504 e. The first-order valence-corrected chi connectivity index (χ1v) is 14.1. The van der Waals surface area contributed by atoms with E-state index in [1.165, 1.54) is 22.3 Å². The number of aromatic hydroxyl groups is 4. The molecule has 4 N–H and O–H groups in total. The zero-order valence-electron chi connectivity index (χ0n) is 22.9. The van der Waals surface area contributed by atoms with Crippen molar-refractivity contribution in [3.8, 4) is 45.3 Å². The standard InChI is InChI=1S/2C17H17NO2/c2*1-18-8-7-10-3-2-4-12-15(10)13(18)9-11-5-6-14(19)17(20)16(11)12/h2*2-6,13,19-20H,7-9H2,1H3/t2*13-/m11/s1. The van der Waals surface area contributed by atoms with E-state index in [0.29, 0.717) is 12.1 Å². The van der Waals surface area contributed by atoms with Crippen LogP contribution in [-0.2, 0) is 25.7 Å². The van der Waals surface area contributed by atoms with Crippen LogP contribution in [0.2, 0.25) is 0 Å². The molecule has 0 fully saturated rings. The second-order valence-corrected chi connectivity index (χ2v) is 11.6. The highest BCUT2D eigenvalue weighted by Gasteiger charge is 2.35. The average Bonchev–Trinajstić information content (AvgIpc) is 2.96. The maximum Gasteiger partial charge on any atom is 0.165 e. The molecule has 8 rings (SSSR count). The SMILES string of the molecule is CN1CCc2cccc3c2[C@H]1Cc1ccc(O)c(O)c1-3.CN1CCc2cccc3c2[C@H]1Cc1ccc(O)c(O)c1-3. The molecule has 0 saturated heterocycles. The smallest absolute Gasteiger partial charge is 0.165 e. The van der Waals surface area contributed by atoms with Gasteiger partial charge < -0.3 is 20.4 Å². The molecule has 2 heterocycles. The first-order valence-electron chi connectivity index (χ1n) is 14.1. The third kappa shape index (κ3) is 3.70. The van der Waals surface area contributed by atoms with Gasteiger partial charge in [0.1, 0.15) is 0 Å². The lowest BCUT2D eigenvalue weighted by Gasteiger charge is -2.39. The molecule has 0 unspecified atom stereocenters. The maximum atomic E-state index is 10.3. The topological polar surface area (TPSA) is 87.4 Å². The van der Waals surface area contributed by atoms with Crippen LogP contribution in [0.4, 0.5) is 0 Å². The van der Waals surface area contributed by atoms with Crippen molar-refractivity contribution < 1.29 is 20.4 Å². The van der Waals surface area contributed by atoms with Gasteiger partial charge in [0.15, 0.2) is 23.0 Å². The van der Waals surface area contributed by atoms with E-state index in [2.05, 4.69) is 60.3 Å². The van der Waals surface area contributed by atoms with Crippen LogP contribution in [-0.4, -0.2) is 57.4 Å². The summed E-state index contributed by atoms with van der Waals surface area (Å²) in [6, 6.07) is 20.4. The predicted octanol–water partition coefficient (Wildman–Crippen LogP) is 5.70. The lowest BCUT2D eigenvalue weighted by molar-refractivity contribution is 0.228. The van der Waals surface area contributed by atoms with Gasteiger partial charge in [0, 0.05) is 36.3 Å². The Balaban J connectivity index is 0.000000132. The molecule has 6 heteroatoms. The molecule has 0 aromatic heterocycles. The van der Waals surface area contributed by atoms with E-state index in [0.717, 1.165) is 72.2 Å². The number of rotatable bonds is 0. The van der Waals surface area contributed by atoms with Gasteiger partial charge >= 0.3 is 0 Å². The number of likely N-dealkylation sites (N-methyl/N-ethyl adjacent to an activating group) is 2. The number of phenols is 4. The molecule has 40 heavy (non-hydrogen) atoms. The number of nitrogens with zero attached hydrogens (tertiary/aromatic N) is 2. The molecule has 0 radical (unpaired) electrons. The summed E-state index contributed by atoms with van der Waals surface area (Å²) < 4.78 is 0. The van der Waals surface area contributed by atoms with E-state index in [-0.39, 0.29) is 23.0 Å². The number of hydrogen-bond acceptors (Lipinski definition) is 6. The molecule has 0 saturated carbocycles. The van der Waals surface area contributed by atoms with E-state index in [9.17, 15) is 20.4 Å². The molecule has 6 nitrogen and oxygen atoms in total. The van der Waals surface area contributed by atoms with Crippen molar-refractivity contribution in [1.29, 1.82) is 0 Å². The largest absolute Gasteiger partial charge is 0.504 e. The van der Waals surface area contributed by atoms with Crippen molar-refractivity contribution in [2.24, 2.45) is 0 Å². The fourth-order valence-electron chi connectivity index (χ4n) is 7.35. The van der Waals surface area contributed by atoms with Gasteiger partial charge in [-0.3, -0.25) is 9.80 Å². The Kier molecular flexibility index (Phi) is 5.81. The van der Waals surface area contributed by atoms with Gasteiger partial charge in [-0.2, -0.15) is 0 Å². The normalized spacial score (nSPS) is 20.4. The zero-order valence-corrected chi connectivity index (χ0v) is 22.9. The van der Waals surface area contributed by atoms with Gasteiger partial charge in [0.05, 0.1) is 0 Å². The third-order valence-corrected chi connectivity index (χ3v) is 9.44. The van der Waals surface area contributed by atoms with Crippen molar-refractivity contribution in [1.82, 2.24) is 9.80 Å². The fourth-order valence-corrected chi connectivity index (χ4v) is 7.35. The molecule has 2 aliphatic carbocycles. The fraction of sp³-hybridized carbons (Fsp3) is 0.294. The van der Waals surface area contributed by atoms with Crippen molar-refractivity contribution >= 4 is 0 Å². The summed E-state index contributed by atoms with van der Waals surface area (Å²) in [6.45, 7) is 2.14. The second-order valence-electron chi connectivity index (χ2n) is 11.6. The Morgan fingerprint density at radius 2 is 0.975 bits per heavy atom. The number of fused-ring (bicyclic) bond motifs is 4. The third-order valence-electron chi connectivity index (χ3n) is 9.44. The number of benzene rings is 4. The van der Waals surface area contributed by atoms with Gasteiger partial charge in [-0.25, -0.2) is 0 Å². The molecule has 4 aromatic rings. The van der Waals surface area contributed by atoms with Crippen LogP contribution in [0, 0.1) is 0 Å². The quantitative estimate of drug-likeness (QED) is 0.217.